The van der Waals surface area contributed by atoms with Crippen LogP contribution in [0.25, 0.3) is 0 Å². The summed E-state index contributed by atoms with van der Waals surface area (Å²) in [7, 11) is 0. The van der Waals surface area contributed by atoms with Crippen LogP contribution in [0.5, 0.6) is 17.2 Å². The van der Waals surface area contributed by atoms with Gasteiger partial charge in [0.25, 0.3) is 0 Å². The van der Waals surface area contributed by atoms with E-state index in [1.165, 1.54) is 0 Å². The van der Waals surface area contributed by atoms with E-state index < -0.39 is 0 Å². The molecule has 8 nitrogen and oxygen atoms in total. The zero-order chi connectivity index (χ0) is 24.8. The van der Waals surface area contributed by atoms with Crippen LogP contribution >= 0.6 is 0 Å². The number of rotatable bonds is 8. The Labute approximate surface area is 206 Å². The fraction of sp³-hybridized carbons (Fsp3) is 0.444. The molecule has 4 rings (SSSR count). The molecule has 0 fully saturated rings. The number of benzene rings is 2. The van der Waals surface area contributed by atoms with Gasteiger partial charge >= 0.3 is 0 Å². The molecule has 0 saturated heterocycles. The summed E-state index contributed by atoms with van der Waals surface area (Å²) in [4.78, 5) is 28.6. The highest BCUT2D eigenvalue weighted by Gasteiger charge is 2.28. The first-order valence-corrected chi connectivity index (χ1v) is 12.1. The first kappa shape index (κ1) is 24.7. The normalized spacial score (nSPS) is 17.7. The second-order valence-electron chi connectivity index (χ2n) is 9.60. The molecule has 1 amide bonds. The number of hydrogen-bond donors (Lipinski definition) is 1. The molecule has 1 atom stereocenters. The lowest BCUT2D eigenvalue weighted by molar-refractivity contribution is -0.136. The lowest BCUT2D eigenvalue weighted by Crippen LogP contribution is -2.43. The predicted molar refractivity (Wildman–Crippen MR) is 134 cm³/mol. The van der Waals surface area contributed by atoms with Gasteiger partial charge in [-0.2, -0.15) is 0 Å². The molecule has 35 heavy (non-hydrogen) atoms. The Kier molecular flexibility index (Phi) is 8.02. The summed E-state index contributed by atoms with van der Waals surface area (Å²) < 4.78 is 11.4. The Balaban J connectivity index is 1.48. The van der Waals surface area contributed by atoms with Crippen molar-refractivity contribution in [1.82, 2.24) is 9.80 Å². The van der Waals surface area contributed by atoms with Crippen LogP contribution in [0.1, 0.15) is 31.4 Å². The van der Waals surface area contributed by atoms with E-state index in [0.717, 1.165) is 24.1 Å². The van der Waals surface area contributed by atoms with Gasteiger partial charge in [-0.05, 0) is 46.5 Å². The number of aromatic hydroxyl groups is 1. The molecule has 186 valence electrons. The molecule has 0 aliphatic carbocycles. The van der Waals surface area contributed by atoms with Gasteiger partial charge in [0.1, 0.15) is 5.69 Å². The average Bonchev–Trinajstić information content (AvgIpc) is 3.09. The van der Waals surface area contributed by atoms with Gasteiger partial charge in [-0.3, -0.25) is 9.69 Å². The quantitative estimate of drug-likeness (QED) is 0.439. The van der Waals surface area contributed by atoms with Gasteiger partial charge < -0.3 is 19.5 Å². The minimum Gasteiger partial charge on any atom is -0.504 e. The summed E-state index contributed by atoms with van der Waals surface area (Å²) in [6, 6.07) is 10.8. The lowest BCUT2D eigenvalue weighted by atomic mass is 10.0. The summed E-state index contributed by atoms with van der Waals surface area (Å²) in [6.45, 7) is 8.14. The van der Waals surface area contributed by atoms with Crippen LogP contribution in [0.2, 0.25) is 0 Å². The number of nitroso groups, excluding NO2 is 1. The second-order valence-corrected chi connectivity index (χ2v) is 9.60. The van der Waals surface area contributed by atoms with Crippen molar-refractivity contribution in [2.24, 2.45) is 17.0 Å². The molecule has 0 saturated carbocycles. The van der Waals surface area contributed by atoms with Crippen LogP contribution in [0.3, 0.4) is 0 Å². The van der Waals surface area contributed by atoms with Crippen molar-refractivity contribution in [3.63, 3.8) is 0 Å². The van der Waals surface area contributed by atoms with Crippen molar-refractivity contribution in [3.05, 3.63) is 64.6 Å². The van der Waals surface area contributed by atoms with Gasteiger partial charge in [-0.1, -0.05) is 38.1 Å². The number of carbonyl (C=O) groups is 1. The molecular weight excluding hydrogens is 446 g/mol. The van der Waals surface area contributed by atoms with Crippen LogP contribution in [0.4, 0.5) is 5.69 Å². The Morgan fingerprint density at radius 2 is 2.03 bits per heavy atom. The third kappa shape index (κ3) is 6.39. The van der Waals surface area contributed by atoms with Crippen LogP contribution in [0.15, 0.2) is 53.7 Å². The summed E-state index contributed by atoms with van der Waals surface area (Å²) in [5, 5.41) is 13.5. The average molecular weight is 480 g/mol. The second kappa shape index (κ2) is 11.4. The van der Waals surface area contributed by atoms with Crippen molar-refractivity contribution in [2.75, 3.05) is 32.8 Å². The van der Waals surface area contributed by atoms with E-state index in [0.29, 0.717) is 56.6 Å². The number of fused-ring (bicyclic) bond motifs is 1. The fourth-order valence-corrected chi connectivity index (χ4v) is 4.58. The highest BCUT2D eigenvalue weighted by molar-refractivity contribution is 5.81. The van der Waals surface area contributed by atoms with Crippen molar-refractivity contribution >= 4 is 11.6 Å². The first-order chi connectivity index (χ1) is 16.9. The standard InChI is InChI=1S/C27H33N3O5/c1-19(2)15-30(17-21-13-24(31)26-25(14-21)34-10-5-11-35-26)27(32)22-7-4-9-29(18-22)16-20-6-3-8-23(12-20)28-33/h3-4,6-8,12-14,19,22,31H,5,9-11,15-18H2,1-2H3. The zero-order valence-electron chi connectivity index (χ0n) is 20.4. The van der Waals surface area contributed by atoms with Crippen LogP contribution in [-0.2, 0) is 17.9 Å². The van der Waals surface area contributed by atoms with E-state index in [2.05, 4.69) is 23.9 Å². The molecule has 1 N–H and O–H groups in total. The summed E-state index contributed by atoms with van der Waals surface area (Å²) in [5.74, 6) is 0.985. The number of phenolic OH excluding ortho intramolecular Hbond substituents is 1. The van der Waals surface area contributed by atoms with Gasteiger partial charge in [-0.15, -0.1) is 4.91 Å². The van der Waals surface area contributed by atoms with Crippen molar-refractivity contribution in [2.45, 2.75) is 33.4 Å². The zero-order valence-corrected chi connectivity index (χ0v) is 20.4. The molecule has 0 spiro atoms. The van der Waals surface area contributed by atoms with Crippen molar-refractivity contribution in [1.29, 1.82) is 0 Å². The fourth-order valence-electron chi connectivity index (χ4n) is 4.58. The Bertz CT molecular complexity index is 1080. The highest BCUT2D eigenvalue weighted by Crippen LogP contribution is 2.39. The smallest absolute Gasteiger partial charge is 0.231 e. The number of hydrogen-bond acceptors (Lipinski definition) is 7. The number of nitrogens with zero attached hydrogens (tertiary/aromatic N) is 3. The number of phenols is 1. The summed E-state index contributed by atoms with van der Waals surface area (Å²) in [6.07, 6.45) is 4.77. The SMILES string of the molecule is CC(C)CN(Cc1cc(O)c2c(c1)OCCCO2)C(=O)C1C=CCN(Cc2cccc(N=O)c2)C1. The third-order valence-corrected chi connectivity index (χ3v) is 6.08. The van der Waals surface area contributed by atoms with E-state index in [1.54, 1.807) is 18.2 Å². The van der Waals surface area contributed by atoms with E-state index in [-0.39, 0.29) is 23.5 Å². The maximum absolute atomic E-state index is 13.6. The first-order valence-electron chi connectivity index (χ1n) is 12.1. The van der Waals surface area contributed by atoms with E-state index in [9.17, 15) is 14.8 Å². The monoisotopic (exact) mass is 479 g/mol. The van der Waals surface area contributed by atoms with Gasteiger partial charge in [0.05, 0.1) is 19.1 Å². The van der Waals surface area contributed by atoms with Gasteiger partial charge in [0.15, 0.2) is 11.5 Å². The van der Waals surface area contributed by atoms with Crippen molar-refractivity contribution in [3.8, 4) is 17.2 Å². The van der Waals surface area contributed by atoms with Crippen molar-refractivity contribution < 1.29 is 19.4 Å². The van der Waals surface area contributed by atoms with E-state index >= 15 is 0 Å². The van der Waals surface area contributed by atoms with Gasteiger partial charge in [-0.25, -0.2) is 0 Å². The molecule has 8 heteroatoms. The number of amides is 1. The van der Waals surface area contributed by atoms with E-state index in [4.69, 9.17) is 9.47 Å². The summed E-state index contributed by atoms with van der Waals surface area (Å²) in [5.41, 5.74) is 2.20. The molecule has 2 aliphatic rings. The largest absolute Gasteiger partial charge is 0.504 e. The molecule has 1 unspecified atom stereocenters. The molecule has 0 bridgehead atoms. The molecule has 2 aromatic rings. The highest BCUT2D eigenvalue weighted by atomic mass is 16.5. The number of carbonyl (C=O) groups excluding carboxylic acids is 1. The lowest BCUT2D eigenvalue weighted by Gasteiger charge is -2.33. The predicted octanol–water partition coefficient (Wildman–Crippen LogP) is 4.62. The van der Waals surface area contributed by atoms with Gasteiger partial charge in [0, 0.05) is 39.1 Å². The molecule has 0 radical (unpaired) electrons. The molecule has 2 heterocycles. The maximum atomic E-state index is 13.6. The Morgan fingerprint density at radius 3 is 2.83 bits per heavy atom. The minimum absolute atomic E-state index is 0.0344. The maximum Gasteiger partial charge on any atom is 0.231 e. The van der Waals surface area contributed by atoms with Crippen LogP contribution in [0, 0.1) is 16.7 Å². The molecule has 2 aliphatic heterocycles. The van der Waals surface area contributed by atoms with E-state index in [1.807, 2.05) is 35.3 Å². The Morgan fingerprint density at radius 1 is 1.20 bits per heavy atom. The molecule has 2 aromatic carbocycles. The molecule has 0 aromatic heterocycles. The summed E-state index contributed by atoms with van der Waals surface area (Å²) >= 11 is 0. The number of ether oxygens (including phenoxy) is 2. The topological polar surface area (TPSA) is 91.7 Å². The Hall–Kier alpha value is -3.39. The van der Waals surface area contributed by atoms with Crippen LogP contribution < -0.4 is 9.47 Å². The minimum atomic E-state index is -0.274. The molecular formula is C27H33N3O5. The van der Waals surface area contributed by atoms with Crippen LogP contribution in [-0.4, -0.2) is 53.7 Å². The third-order valence-electron chi connectivity index (χ3n) is 6.08. The van der Waals surface area contributed by atoms with Gasteiger partial charge in [0.2, 0.25) is 11.7 Å².